The first-order chi connectivity index (χ1) is 9.43. The van der Waals surface area contributed by atoms with E-state index in [0.717, 1.165) is 0 Å². The van der Waals surface area contributed by atoms with Crippen LogP contribution in [0.2, 0.25) is 0 Å². The maximum absolute atomic E-state index is 12.0. The van der Waals surface area contributed by atoms with Crippen molar-refractivity contribution in [3.8, 4) is 0 Å². The first-order valence-electron chi connectivity index (χ1n) is 6.83. The van der Waals surface area contributed by atoms with Crippen LogP contribution >= 0.6 is 0 Å². The van der Waals surface area contributed by atoms with Gasteiger partial charge >= 0.3 is 5.97 Å². The molecule has 2 amide bonds. The maximum atomic E-state index is 12.0. The van der Waals surface area contributed by atoms with E-state index in [1.54, 1.807) is 23.9 Å². The van der Waals surface area contributed by atoms with Crippen LogP contribution in [-0.2, 0) is 14.4 Å². The van der Waals surface area contributed by atoms with Gasteiger partial charge in [0.1, 0.15) is 0 Å². The molecule has 1 aliphatic heterocycles. The molecular formula is C13H23N3O4. The predicted octanol–water partition coefficient (Wildman–Crippen LogP) is -0.622. The summed E-state index contributed by atoms with van der Waals surface area (Å²) >= 11 is 0. The molecule has 0 aromatic heterocycles. The zero-order chi connectivity index (χ0) is 15.1. The number of aliphatic carboxylic acids is 1. The summed E-state index contributed by atoms with van der Waals surface area (Å²) in [5.74, 6) is -1.16. The molecular weight excluding hydrogens is 262 g/mol. The minimum absolute atomic E-state index is 0.00625. The third-order valence-corrected chi connectivity index (χ3v) is 3.60. The Bertz CT molecular complexity index is 365. The van der Waals surface area contributed by atoms with Crippen LogP contribution < -0.4 is 5.32 Å². The van der Waals surface area contributed by atoms with Gasteiger partial charge in [0.05, 0.1) is 12.5 Å². The first-order valence-corrected chi connectivity index (χ1v) is 6.83. The fourth-order valence-corrected chi connectivity index (χ4v) is 2.20. The van der Waals surface area contributed by atoms with Crippen molar-refractivity contribution in [1.82, 2.24) is 15.1 Å². The number of hydrogen-bond acceptors (Lipinski definition) is 4. The Balaban J connectivity index is 2.29. The molecule has 1 saturated heterocycles. The summed E-state index contributed by atoms with van der Waals surface area (Å²) in [5.41, 5.74) is 0. The van der Waals surface area contributed by atoms with Crippen LogP contribution in [0, 0.1) is 5.92 Å². The molecule has 0 atom stereocenters. The Hall–Kier alpha value is -1.63. The number of amides is 2. The number of carboxylic acids is 1. The quantitative estimate of drug-likeness (QED) is 0.678. The Labute approximate surface area is 118 Å². The van der Waals surface area contributed by atoms with Crippen LogP contribution in [-0.4, -0.2) is 73.0 Å². The second-order valence-electron chi connectivity index (χ2n) is 5.15. The van der Waals surface area contributed by atoms with Crippen LogP contribution in [0.4, 0.5) is 0 Å². The highest BCUT2D eigenvalue weighted by Gasteiger charge is 2.27. The topological polar surface area (TPSA) is 90.0 Å². The van der Waals surface area contributed by atoms with Gasteiger partial charge in [-0.25, -0.2) is 0 Å². The monoisotopic (exact) mass is 285 g/mol. The first kappa shape index (κ1) is 16.4. The van der Waals surface area contributed by atoms with E-state index < -0.39 is 5.97 Å². The molecule has 7 nitrogen and oxygen atoms in total. The normalized spacial score (nSPS) is 16.2. The number of likely N-dealkylation sites (tertiary alicyclic amines) is 1. The highest BCUT2D eigenvalue weighted by atomic mass is 16.4. The van der Waals surface area contributed by atoms with Crippen molar-refractivity contribution in [2.24, 2.45) is 5.92 Å². The molecule has 1 fully saturated rings. The van der Waals surface area contributed by atoms with E-state index in [1.165, 1.54) is 0 Å². The molecule has 114 valence electrons. The molecule has 1 aliphatic rings. The zero-order valence-corrected chi connectivity index (χ0v) is 12.1. The van der Waals surface area contributed by atoms with E-state index in [1.807, 2.05) is 0 Å². The summed E-state index contributed by atoms with van der Waals surface area (Å²) in [6, 6.07) is 0. The summed E-state index contributed by atoms with van der Waals surface area (Å²) < 4.78 is 0. The number of rotatable bonds is 6. The summed E-state index contributed by atoms with van der Waals surface area (Å²) in [7, 11) is 3.38. The second kappa shape index (κ2) is 7.84. The predicted molar refractivity (Wildman–Crippen MR) is 73.1 cm³/mol. The lowest BCUT2D eigenvalue weighted by atomic mass is 9.97. The molecule has 0 aliphatic carbocycles. The Kier molecular flexibility index (Phi) is 6.44. The Morgan fingerprint density at radius 1 is 1.30 bits per heavy atom. The molecule has 0 spiro atoms. The van der Waals surface area contributed by atoms with Gasteiger partial charge in [-0.15, -0.1) is 0 Å². The van der Waals surface area contributed by atoms with E-state index in [0.29, 0.717) is 38.9 Å². The van der Waals surface area contributed by atoms with Crippen LogP contribution in [0.15, 0.2) is 0 Å². The number of carbonyl (C=O) groups excluding carboxylic acids is 2. The summed E-state index contributed by atoms with van der Waals surface area (Å²) in [5, 5.41) is 11.4. The van der Waals surface area contributed by atoms with Gasteiger partial charge in [0.15, 0.2) is 0 Å². The fraction of sp³-hybridized carbons (Fsp3) is 0.769. The molecule has 2 N–H and O–H groups in total. The van der Waals surface area contributed by atoms with Crippen molar-refractivity contribution in [3.05, 3.63) is 0 Å². The van der Waals surface area contributed by atoms with E-state index >= 15 is 0 Å². The van der Waals surface area contributed by atoms with Crippen molar-refractivity contribution in [3.63, 3.8) is 0 Å². The van der Waals surface area contributed by atoms with Gasteiger partial charge < -0.3 is 15.3 Å². The highest BCUT2D eigenvalue weighted by molar-refractivity contribution is 5.79. The average Bonchev–Trinajstić information content (AvgIpc) is 2.44. The third kappa shape index (κ3) is 5.16. The molecule has 0 aromatic rings. The number of likely N-dealkylation sites (N-methyl/N-ethyl adjacent to an activating group) is 1. The van der Waals surface area contributed by atoms with Gasteiger partial charge in [0.2, 0.25) is 11.8 Å². The van der Waals surface area contributed by atoms with Crippen molar-refractivity contribution in [2.45, 2.75) is 19.3 Å². The summed E-state index contributed by atoms with van der Waals surface area (Å²) in [6.07, 6.45) is 1.40. The molecule has 1 heterocycles. The summed E-state index contributed by atoms with van der Waals surface area (Å²) in [6.45, 7) is 1.78. The number of nitrogens with one attached hydrogen (secondary N) is 1. The standard InChI is InChI=1S/C13H23N3O4/c1-14-11(17)5-6-15(2)9-12(18)16-7-3-10(4-8-16)13(19)20/h10H,3-9H2,1-2H3,(H,14,17)(H,19,20). The smallest absolute Gasteiger partial charge is 0.306 e. The van der Waals surface area contributed by atoms with E-state index in [9.17, 15) is 14.4 Å². The minimum atomic E-state index is -0.778. The van der Waals surface area contributed by atoms with Gasteiger partial charge in [-0.1, -0.05) is 0 Å². The van der Waals surface area contributed by atoms with Gasteiger partial charge in [0, 0.05) is 33.1 Å². The molecule has 0 unspecified atom stereocenters. The van der Waals surface area contributed by atoms with Crippen molar-refractivity contribution >= 4 is 17.8 Å². The average molecular weight is 285 g/mol. The number of nitrogens with zero attached hydrogens (tertiary/aromatic N) is 2. The van der Waals surface area contributed by atoms with Crippen LogP contribution in [0.25, 0.3) is 0 Å². The van der Waals surface area contributed by atoms with E-state index in [2.05, 4.69) is 5.32 Å². The number of carbonyl (C=O) groups is 3. The number of piperidine rings is 1. The van der Waals surface area contributed by atoms with Crippen molar-refractivity contribution in [2.75, 3.05) is 40.3 Å². The fourth-order valence-electron chi connectivity index (χ4n) is 2.20. The molecule has 7 heteroatoms. The maximum Gasteiger partial charge on any atom is 0.306 e. The van der Waals surface area contributed by atoms with E-state index in [4.69, 9.17) is 5.11 Å². The number of carboxylic acid groups (broad SMARTS) is 1. The molecule has 1 rings (SSSR count). The van der Waals surface area contributed by atoms with Crippen molar-refractivity contribution in [1.29, 1.82) is 0 Å². The molecule has 0 bridgehead atoms. The van der Waals surface area contributed by atoms with Gasteiger partial charge in [0.25, 0.3) is 0 Å². The SMILES string of the molecule is CNC(=O)CCN(C)CC(=O)N1CCC(C(=O)O)CC1. The number of hydrogen-bond donors (Lipinski definition) is 2. The van der Waals surface area contributed by atoms with Gasteiger partial charge in [-0.05, 0) is 19.9 Å². The van der Waals surface area contributed by atoms with Crippen molar-refractivity contribution < 1.29 is 19.5 Å². The highest BCUT2D eigenvalue weighted by Crippen LogP contribution is 2.17. The lowest BCUT2D eigenvalue weighted by molar-refractivity contribution is -0.145. The molecule has 20 heavy (non-hydrogen) atoms. The Morgan fingerprint density at radius 3 is 2.40 bits per heavy atom. The van der Waals surface area contributed by atoms with Crippen LogP contribution in [0.3, 0.4) is 0 Å². The molecule has 0 radical (unpaired) electrons. The lowest BCUT2D eigenvalue weighted by Crippen LogP contribution is -2.44. The van der Waals surface area contributed by atoms with Crippen LogP contribution in [0.1, 0.15) is 19.3 Å². The van der Waals surface area contributed by atoms with Crippen LogP contribution in [0.5, 0.6) is 0 Å². The molecule has 0 saturated carbocycles. The largest absolute Gasteiger partial charge is 0.481 e. The molecule has 0 aromatic carbocycles. The summed E-state index contributed by atoms with van der Waals surface area (Å²) in [4.78, 5) is 37.5. The second-order valence-corrected chi connectivity index (χ2v) is 5.15. The Morgan fingerprint density at radius 2 is 1.90 bits per heavy atom. The van der Waals surface area contributed by atoms with E-state index in [-0.39, 0.29) is 24.3 Å². The van der Waals surface area contributed by atoms with Gasteiger partial charge in [-0.3, -0.25) is 19.3 Å². The third-order valence-electron chi connectivity index (χ3n) is 3.60. The van der Waals surface area contributed by atoms with Gasteiger partial charge in [-0.2, -0.15) is 0 Å². The zero-order valence-electron chi connectivity index (χ0n) is 12.1. The lowest BCUT2D eigenvalue weighted by Gasteiger charge is -2.31. The minimum Gasteiger partial charge on any atom is -0.481 e.